The van der Waals surface area contributed by atoms with E-state index in [2.05, 4.69) is 4.99 Å². The van der Waals surface area contributed by atoms with Crippen molar-refractivity contribution in [3.8, 4) is 0 Å². The van der Waals surface area contributed by atoms with Gasteiger partial charge in [0.05, 0.1) is 5.60 Å². The smallest absolute Gasteiger partial charge is 0.329 e. The van der Waals surface area contributed by atoms with Crippen molar-refractivity contribution in [2.45, 2.75) is 51.7 Å². The van der Waals surface area contributed by atoms with E-state index in [0.717, 1.165) is 6.42 Å². The number of carboxylic acid groups (broad SMARTS) is 1. The zero-order valence-electron chi connectivity index (χ0n) is 10.0. The number of aliphatic imine (C=N–C) groups is 1. The summed E-state index contributed by atoms with van der Waals surface area (Å²) in [5, 5.41) is 8.69. The van der Waals surface area contributed by atoms with Gasteiger partial charge in [-0.3, -0.25) is 0 Å². The topological polar surface area (TPSA) is 76.0 Å². The third-order valence-corrected chi connectivity index (χ3v) is 1.90. The maximum Gasteiger partial charge on any atom is 0.329 e. The van der Waals surface area contributed by atoms with Crippen molar-refractivity contribution in [1.29, 1.82) is 0 Å². The van der Waals surface area contributed by atoms with Gasteiger partial charge in [0.2, 0.25) is 6.08 Å². The second kappa shape index (κ2) is 7.14. The summed E-state index contributed by atoms with van der Waals surface area (Å²) in [7, 11) is 0. The quantitative estimate of drug-likeness (QED) is 0.410. The molecular weight excluding hydrogens is 210 g/mol. The minimum atomic E-state index is -1.08. The fraction of sp³-hybridized carbons (Fsp3) is 0.818. The molecule has 0 aromatic carbocycles. The van der Waals surface area contributed by atoms with Gasteiger partial charge in [-0.25, -0.2) is 9.59 Å². The number of hydrogen-bond acceptors (Lipinski definition) is 4. The van der Waals surface area contributed by atoms with Gasteiger partial charge in [-0.15, -0.1) is 0 Å². The lowest BCUT2D eigenvalue weighted by Crippen LogP contribution is -2.20. The van der Waals surface area contributed by atoms with Crippen molar-refractivity contribution < 1.29 is 19.4 Å². The van der Waals surface area contributed by atoms with E-state index >= 15 is 0 Å². The number of hydrogen-bond donors (Lipinski definition) is 1. The van der Waals surface area contributed by atoms with E-state index in [-0.39, 0.29) is 5.60 Å². The van der Waals surface area contributed by atoms with Crippen LogP contribution in [0.5, 0.6) is 0 Å². The maximum absolute atomic E-state index is 10.6. The third-order valence-electron chi connectivity index (χ3n) is 1.90. The van der Waals surface area contributed by atoms with Gasteiger partial charge in [-0.05, 0) is 40.0 Å². The molecule has 0 aliphatic carbocycles. The second-order valence-electron chi connectivity index (χ2n) is 4.53. The van der Waals surface area contributed by atoms with Crippen LogP contribution in [0, 0.1) is 0 Å². The summed E-state index contributed by atoms with van der Waals surface area (Å²) in [6.45, 7) is 6.47. The Hall–Kier alpha value is -1.19. The van der Waals surface area contributed by atoms with Gasteiger partial charge in [0.25, 0.3) is 0 Å². The van der Waals surface area contributed by atoms with E-state index in [4.69, 9.17) is 9.84 Å². The van der Waals surface area contributed by atoms with Crippen molar-refractivity contribution in [1.82, 2.24) is 0 Å². The Labute approximate surface area is 95.5 Å². The van der Waals surface area contributed by atoms with Gasteiger partial charge in [-0.1, -0.05) is 0 Å². The standard InChI is InChI=1S/C11H19NO4/c1-11(2,3)16-7-5-4-6-9(10(14)15)12-8-13/h9H,4-7H2,1-3H3,(H,14,15). The van der Waals surface area contributed by atoms with Crippen molar-refractivity contribution >= 4 is 12.0 Å². The fourth-order valence-corrected chi connectivity index (χ4v) is 1.12. The van der Waals surface area contributed by atoms with Crippen LogP contribution in [-0.4, -0.2) is 35.4 Å². The fourth-order valence-electron chi connectivity index (χ4n) is 1.12. The van der Waals surface area contributed by atoms with Crippen LogP contribution >= 0.6 is 0 Å². The molecule has 0 aliphatic rings. The van der Waals surface area contributed by atoms with Crippen LogP contribution in [0.1, 0.15) is 40.0 Å². The van der Waals surface area contributed by atoms with Crippen molar-refractivity contribution in [3.63, 3.8) is 0 Å². The number of carbonyl (C=O) groups excluding carboxylic acids is 1. The Morgan fingerprint density at radius 3 is 2.50 bits per heavy atom. The number of ether oxygens (including phenoxy) is 1. The molecule has 1 N–H and O–H groups in total. The molecule has 0 spiro atoms. The summed E-state index contributed by atoms with van der Waals surface area (Å²) in [6, 6.07) is -0.966. The normalized spacial score (nSPS) is 12.9. The van der Waals surface area contributed by atoms with Gasteiger partial charge in [0.15, 0.2) is 6.04 Å². The van der Waals surface area contributed by atoms with Crippen LogP contribution in [0.25, 0.3) is 0 Å². The van der Waals surface area contributed by atoms with Crippen LogP contribution in [0.15, 0.2) is 4.99 Å². The third kappa shape index (κ3) is 8.15. The Balaban J connectivity index is 3.71. The molecule has 0 radical (unpaired) electrons. The van der Waals surface area contributed by atoms with Crippen molar-refractivity contribution in [2.24, 2.45) is 4.99 Å². The van der Waals surface area contributed by atoms with E-state index in [0.29, 0.717) is 19.4 Å². The summed E-state index contributed by atoms with van der Waals surface area (Å²) in [5.41, 5.74) is -0.173. The van der Waals surface area contributed by atoms with E-state index < -0.39 is 12.0 Å². The monoisotopic (exact) mass is 229 g/mol. The van der Waals surface area contributed by atoms with Crippen LogP contribution in [0.4, 0.5) is 0 Å². The molecule has 5 heteroatoms. The van der Waals surface area contributed by atoms with Crippen molar-refractivity contribution in [2.75, 3.05) is 6.61 Å². The number of rotatable bonds is 7. The van der Waals surface area contributed by atoms with Gasteiger partial charge in [0.1, 0.15) is 0 Å². The minimum Gasteiger partial charge on any atom is -0.480 e. The molecule has 16 heavy (non-hydrogen) atoms. The van der Waals surface area contributed by atoms with Crippen LogP contribution in [-0.2, 0) is 14.3 Å². The zero-order chi connectivity index (χ0) is 12.6. The predicted octanol–water partition coefficient (Wildman–Crippen LogP) is 1.76. The number of carbonyl (C=O) groups is 1. The first kappa shape index (κ1) is 14.8. The highest BCUT2D eigenvalue weighted by Crippen LogP contribution is 2.10. The lowest BCUT2D eigenvalue weighted by atomic mass is 10.1. The van der Waals surface area contributed by atoms with Gasteiger partial charge in [0, 0.05) is 6.61 Å². The number of isocyanates is 1. The number of unbranched alkanes of at least 4 members (excludes halogenated alkanes) is 1. The largest absolute Gasteiger partial charge is 0.480 e. The summed E-state index contributed by atoms with van der Waals surface area (Å²) in [4.78, 5) is 23.8. The first-order valence-corrected chi connectivity index (χ1v) is 5.30. The Bertz CT molecular complexity index is 262. The molecule has 0 saturated carbocycles. The van der Waals surface area contributed by atoms with Gasteiger partial charge in [-0.2, -0.15) is 4.99 Å². The summed E-state index contributed by atoms with van der Waals surface area (Å²) >= 11 is 0. The number of carboxylic acids is 1. The highest BCUT2D eigenvalue weighted by atomic mass is 16.5. The van der Waals surface area contributed by atoms with Crippen LogP contribution in [0.2, 0.25) is 0 Å². The molecule has 0 aliphatic heterocycles. The van der Waals surface area contributed by atoms with E-state index in [1.54, 1.807) is 0 Å². The molecule has 0 heterocycles. The van der Waals surface area contributed by atoms with E-state index in [9.17, 15) is 9.59 Å². The second-order valence-corrected chi connectivity index (χ2v) is 4.53. The van der Waals surface area contributed by atoms with Crippen LogP contribution < -0.4 is 0 Å². The van der Waals surface area contributed by atoms with E-state index in [1.165, 1.54) is 6.08 Å². The Morgan fingerprint density at radius 1 is 1.44 bits per heavy atom. The van der Waals surface area contributed by atoms with Crippen LogP contribution in [0.3, 0.4) is 0 Å². The molecule has 1 atom stereocenters. The molecule has 0 saturated heterocycles. The lowest BCUT2D eigenvalue weighted by molar-refractivity contribution is -0.138. The summed E-state index contributed by atoms with van der Waals surface area (Å²) in [5.74, 6) is -1.08. The highest BCUT2D eigenvalue weighted by molar-refractivity contribution is 5.74. The molecule has 0 rings (SSSR count). The molecule has 0 aromatic heterocycles. The minimum absolute atomic E-state index is 0.173. The predicted molar refractivity (Wildman–Crippen MR) is 59.1 cm³/mol. The first-order chi connectivity index (χ1) is 7.37. The Kier molecular flexibility index (Phi) is 6.61. The summed E-state index contributed by atoms with van der Waals surface area (Å²) < 4.78 is 5.48. The first-order valence-electron chi connectivity index (χ1n) is 5.30. The highest BCUT2D eigenvalue weighted by Gasteiger charge is 2.15. The van der Waals surface area contributed by atoms with Crippen molar-refractivity contribution in [3.05, 3.63) is 0 Å². The lowest BCUT2D eigenvalue weighted by Gasteiger charge is -2.19. The molecular formula is C11H19NO4. The average molecular weight is 229 g/mol. The molecule has 0 bridgehead atoms. The SMILES string of the molecule is CC(C)(C)OCCCCC(N=C=O)C(=O)O. The Morgan fingerprint density at radius 2 is 2.06 bits per heavy atom. The molecule has 0 amide bonds. The molecule has 92 valence electrons. The molecule has 0 fully saturated rings. The molecule has 5 nitrogen and oxygen atoms in total. The molecule has 1 unspecified atom stereocenters. The summed E-state index contributed by atoms with van der Waals surface area (Å²) in [6.07, 6.45) is 3.05. The van der Waals surface area contributed by atoms with Gasteiger partial charge < -0.3 is 9.84 Å². The number of aliphatic carboxylic acids is 1. The zero-order valence-corrected chi connectivity index (χ0v) is 10.0. The van der Waals surface area contributed by atoms with Gasteiger partial charge >= 0.3 is 5.97 Å². The average Bonchev–Trinajstić information content (AvgIpc) is 2.13. The number of nitrogens with zero attached hydrogens (tertiary/aromatic N) is 1. The maximum atomic E-state index is 10.6. The van der Waals surface area contributed by atoms with E-state index in [1.807, 2.05) is 20.8 Å². The molecule has 0 aromatic rings.